The minimum absolute atomic E-state index is 0.798. The molecule has 0 atom stereocenters. The van der Waals surface area contributed by atoms with Gasteiger partial charge in [-0.3, -0.25) is 4.40 Å². The van der Waals surface area contributed by atoms with Gasteiger partial charge in [-0.1, -0.05) is 51.9 Å². The van der Waals surface area contributed by atoms with Gasteiger partial charge in [0.25, 0.3) is 0 Å². The minimum Gasteiger partial charge on any atom is -0.367 e. The Morgan fingerprint density at radius 2 is 1.80 bits per heavy atom. The van der Waals surface area contributed by atoms with Crippen molar-refractivity contribution >= 4 is 11.5 Å². The third-order valence-electron chi connectivity index (χ3n) is 3.54. The first-order chi connectivity index (χ1) is 9.92. The topological polar surface area (TPSA) is 55.1 Å². The van der Waals surface area contributed by atoms with Crippen molar-refractivity contribution in [1.29, 1.82) is 0 Å². The maximum absolute atomic E-state index is 4.31. The van der Waals surface area contributed by atoms with Crippen molar-refractivity contribution in [2.45, 2.75) is 58.3 Å². The van der Waals surface area contributed by atoms with Gasteiger partial charge in [0.05, 0.1) is 0 Å². The lowest BCUT2D eigenvalue weighted by atomic mass is 10.1. The zero-order valence-corrected chi connectivity index (χ0v) is 12.4. The van der Waals surface area contributed by atoms with Gasteiger partial charge in [0.2, 0.25) is 5.65 Å². The van der Waals surface area contributed by atoms with E-state index in [-0.39, 0.29) is 0 Å². The van der Waals surface area contributed by atoms with Gasteiger partial charge in [-0.05, 0) is 6.42 Å². The molecule has 0 bridgehead atoms. The van der Waals surface area contributed by atoms with Crippen molar-refractivity contribution < 1.29 is 0 Å². The molecule has 2 rings (SSSR count). The molecule has 5 heteroatoms. The number of rotatable bonds is 10. The Bertz CT molecular complexity index is 494. The quantitative estimate of drug-likeness (QED) is 0.672. The molecule has 0 spiro atoms. The van der Waals surface area contributed by atoms with Gasteiger partial charge in [0, 0.05) is 18.9 Å². The molecule has 2 aromatic heterocycles. The van der Waals surface area contributed by atoms with Crippen molar-refractivity contribution in [3.05, 3.63) is 18.7 Å². The molecule has 0 aliphatic carbocycles. The molecule has 0 fully saturated rings. The molecule has 20 heavy (non-hydrogen) atoms. The standard InChI is InChI=1S/C15H25N5/c1-2-3-4-5-6-7-8-9-10-16-14-15-19-18-13-20(15)12-11-17-14/h11-13H,2-10H2,1H3,(H,16,17). The smallest absolute Gasteiger partial charge is 0.203 e. The molecule has 2 aromatic rings. The van der Waals surface area contributed by atoms with Crippen LogP contribution in [0.15, 0.2) is 18.7 Å². The van der Waals surface area contributed by atoms with E-state index < -0.39 is 0 Å². The summed E-state index contributed by atoms with van der Waals surface area (Å²) in [6.45, 7) is 3.21. The SMILES string of the molecule is CCCCCCCCCCNc1nccn2cnnc12. The van der Waals surface area contributed by atoms with Crippen molar-refractivity contribution in [1.82, 2.24) is 19.6 Å². The highest BCUT2D eigenvalue weighted by molar-refractivity contribution is 5.61. The first kappa shape index (κ1) is 14.8. The molecule has 0 saturated carbocycles. The van der Waals surface area contributed by atoms with Gasteiger partial charge in [-0.25, -0.2) is 4.98 Å². The summed E-state index contributed by atoms with van der Waals surface area (Å²) in [7, 11) is 0. The van der Waals surface area contributed by atoms with Crippen LogP contribution in [0, 0.1) is 0 Å². The molecule has 1 N–H and O–H groups in total. The molecule has 0 aliphatic heterocycles. The summed E-state index contributed by atoms with van der Waals surface area (Å²) < 4.78 is 1.88. The molecule has 5 nitrogen and oxygen atoms in total. The van der Waals surface area contributed by atoms with Crippen LogP contribution in [-0.2, 0) is 0 Å². The Labute approximate surface area is 120 Å². The Hall–Kier alpha value is -1.65. The van der Waals surface area contributed by atoms with Crippen molar-refractivity contribution in [3.63, 3.8) is 0 Å². The second kappa shape index (κ2) is 8.51. The van der Waals surface area contributed by atoms with Crippen molar-refractivity contribution in [3.8, 4) is 0 Å². The summed E-state index contributed by atoms with van der Waals surface area (Å²) in [5.74, 6) is 0.827. The van der Waals surface area contributed by atoms with Crippen LogP contribution in [0.4, 0.5) is 5.82 Å². The molecular formula is C15H25N5. The van der Waals surface area contributed by atoms with E-state index in [1.807, 2.05) is 10.6 Å². The highest BCUT2D eigenvalue weighted by atomic mass is 15.2. The van der Waals surface area contributed by atoms with E-state index in [9.17, 15) is 0 Å². The fourth-order valence-corrected chi connectivity index (χ4v) is 2.35. The Balaban J connectivity index is 1.58. The van der Waals surface area contributed by atoms with Gasteiger partial charge >= 0.3 is 0 Å². The average Bonchev–Trinajstić information content (AvgIpc) is 2.95. The Kier molecular flexibility index (Phi) is 6.27. The summed E-state index contributed by atoms with van der Waals surface area (Å²) in [4.78, 5) is 4.31. The fraction of sp³-hybridized carbons (Fsp3) is 0.667. The summed E-state index contributed by atoms with van der Waals surface area (Å²) in [6, 6.07) is 0. The minimum atomic E-state index is 0.798. The molecule has 0 aliphatic rings. The predicted molar refractivity (Wildman–Crippen MR) is 81.9 cm³/mol. The lowest BCUT2D eigenvalue weighted by molar-refractivity contribution is 0.581. The maximum Gasteiger partial charge on any atom is 0.203 e. The van der Waals surface area contributed by atoms with Crippen molar-refractivity contribution in [2.24, 2.45) is 0 Å². The highest BCUT2D eigenvalue weighted by Gasteiger charge is 2.03. The summed E-state index contributed by atoms with van der Waals surface area (Å²) in [6.07, 6.45) is 16.0. The largest absolute Gasteiger partial charge is 0.367 e. The lowest BCUT2D eigenvalue weighted by Gasteiger charge is -2.06. The fourth-order valence-electron chi connectivity index (χ4n) is 2.35. The second-order valence-electron chi connectivity index (χ2n) is 5.24. The normalized spacial score (nSPS) is 11.1. The zero-order valence-electron chi connectivity index (χ0n) is 12.4. The van der Waals surface area contributed by atoms with Crippen LogP contribution >= 0.6 is 0 Å². The number of hydrogen-bond donors (Lipinski definition) is 1. The number of nitrogens with one attached hydrogen (secondary N) is 1. The van der Waals surface area contributed by atoms with Gasteiger partial charge in [-0.2, -0.15) is 0 Å². The number of hydrogen-bond acceptors (Lipinski definition) is 4. The third kappa shape index (κ3) is 4.47. The van der Waals surface area contributed by atoms with E-state index in [4.69, 9.17) is 0 Å². The summed E-state index contributed by atoms with van der Waals surface area (Å²) in [5.41, 5.74) is 0.798. The summed E-state index contributed by atoms with van der Waals surface area (Å²) in [5, 5.41) is 11.3. The second-order valence-corrected chi connectivity index (χ2v) is 5.24. The molecule has 0 aromatic carbocycles. The Morgan fingerprint density at radius 3 is 2.60 bits per heavy atom. The number of aromatic nitrogens is 4. The molecule has 0 radical (unpaired) electrons. The van der Waals surface area contributed by atoms with E-state index in [1.54, 1.807) is 12.5 Å². The number of nitrogens with zero attached hydrogens (tertiary/aromatic N) is 4. The van der Waals surface area contributed by atoms with Crippen LogP contribution < -0.4 is 5.32 Å². The van der Waals surface area contributed by atoms with Crippen LogP contribution in [0.25, 0.3) is 5.65 Å². The first-order valence-electron chi connectivity index (χ1n) is 7.80. The van der Waals surface area contributed by atoms with Gasteiger partial charge < -0.3 is 5.32 Å². The molecular weight excluding hydrogens is 250 g/mol. The molecule has 0 unspecified atom stereocenters. The van der Waals surface area contributed by atoms with Crippen LogP contribution in [0.1, 0.15) is 58.3 Å². The van der Waals surface area contributed by atoms with Crippen LogP contribution in [0.2, 0.25) is 0 Å². The van der Waals surface area contributed by atoms with Crippen LogP contribution in [0.3, 0.4) is 0 Å². The molecule has 0 saturated heterocycles. The number of unbranched alkanes of at least 4 members (excludes halogenated alkanes) is 7. The van der Waals surface area contributed by atoms with E-state index in [1.165, 1.54) is 51.4 Å². The lowest BCUT2D eigenvalue weighted by Crippen LogP contribution is -2.05. The van der Waals surface area contributed by atoms with E-state index in [2.05, 4.69) is 27.4 Å². The zero-order chi connectivity index (χ0) is 14.0. The number of fused-ring (bicyclic) bond motifs is 1. The first-order valence-corrected chi connectivity index (χ1v) is 7.80. The molecule has 0 amide bonds. The Morgan fingerprint density at radius 1 is 1.05 bits per heavy atom. The van der Waals surface area contributed by atoms with Gasteiger partial charge in [-0.15, -0.1) is 10.2 Å². The van der Waals surface area contributed by atoms with E-state index in [0.717, 1.165) is 18.0 Å². The summed E-state index contributed by atoms with van der Waals surface area (Å²) >= 11 is 0. The maximum atomic E-state index is 4.31. The number of anilines is 1. The predicted octanol–water partition coefficient (Wildman–Crippen LogP) is 3.68. The van der Waals surface area contributed by atoms with Crippen molar-refractivity contribution in [2.75, 3.05) is 11.9 Å². The molecule has 110 valence electrons. The van der Waals surface area contributed by atoms with E-state index >= 15 is 0 Å². The monoisotopic (exact) mass is 275 g/mol. The van der Waals surface area contributed by atoms with Gasteiger partial charge in [0.15, 0.2) is 5.82 Å². The average molecular weight is 275 g/mol. The van der Waals surface area contributed by atoms with E-state index in [0.29, 0.717) is 0 Å². The third-order valence-corrected chi connectivity index (χ3v) is 3.54. The van der Waals surface area contributed by atoms with Crippen LogP contribution in [-0.4, -0.2) is 26.1 Å². The van der Waals surface area contributed by atoms with Crippen LogP contribution in [0.5, 0.6) is 0 Å². The van der Waals surface area contributed by atoms with Gasteiger partial charge in [0.1, 0.15) is 6.33 Å². The highest BCUT2D eigenvalue weighted by Crippen LogP contribution is 2.11. The molecule has 2 heterocycles.